The van der Waals surface area contributed by atoms with Gasteiger partial charge >= 0.3 is 0 Å². The van der Waals surface area contributed by atoms with Crippen LogP contribution in [-0.2, 0) is 21.2 Å². The Bertz CT molecular complexity index is 668. The van der Waals surface area contributed by atoms with E-state index in [0.717, 1.165) is 18.4 Å². The summed E-state index contributed by atoms with van der Waals surface area (Å²) in [7, 11) is -3.05. The van der Waals surface area contributed by atoms with Gasteiger partial charge < -0.3 is 10.1 Å². The lowest BCUT2D eigenvalue weighted by atomic mass is 10.1. The molecule has 1 saturated heterocycles. The third-order valence-corrected chi connectivity index (χ3v) is 6.25. The second kappa shape index (κ2) is 6.86. The maximum Gasteiger partial charge on any atom is 0.224 e. The third-order valence-electron chi connectivity index (χ3n) is 4.49. The van der Waals surface area contributed by atoms with Gasteiger partial charge in [-0.2, -0.15) is 0 Å². The van der Waals surface area contributed by atoms with Gasteiger partial charge in [-0.15, -0.1) is 0 Å². The predicted octanol–water partition coefficient (Wildman–Crippen LogP) is 1.45. The van der Waals surface area contributed by atoms with E-state index in [-0.39, 0.29) is 23.5 Å². The van der Waals surface area contributed by atoms with Crippen molar-refractivity contribution in [1.29, 1.82) is 0 Å². The molecule has 2 heterocycles. The monoisotopic (exact) mass is 338 g/mol. The fourth-order valence-corrected chi connectivity index (χ4v) is 4.90. The summed E-state index contributed by atoms with van der Waals surface area (Å²) in [4.78, 5) is 16.4. The van der Waals surface area contributed by atoms with Crippen molar-refractivity contribution in [2.45, 2.75) is 44.8 Å². The van der Waals surface area contributed by atoms with Crippen molar-refractivity contribution >= 4 is 15.7 Å². The van der Waals surface area contributed by atoms with Crippen molar-refractivity contribution in [3.05, 3.63) is 23.9 Å². The Morgan fingerprint density at radius 2 is 2.09 bits per heavy atom. The lowest BCUT2D eigenvalue weighted by Crippen LogP contribution is -2.31. The van der Waals surface area contributed by atoms with Crippen LogP contribution in [0.15, 0.2) is 18.3 Å². The third kappa shape index (κ3) is 4.22. The second-order valence-corrected chi connectivity index (χ2v) is 8.54. The first-order valence-corrected chi connectivity index (χ1v) is 9.94. The largest absolute Gasteiger partial charge is 0.474 e. The van der Waals surface area contributed by atoms with E-state index in [0.29, 0.717) is 18.8 Å². The van der Waals surface area contributed by atoms with Crippen LogP contribution in [0.3, 0.4) is 0 Å². The molecule has 2 aliphatic rings. The first-order chi connectivity index (χ1) is 11.0. The van der Waals surface area contributed by atoms with Crippen LogP contribution in [0.2, 0.25) is 0 Å². The Hall–Kier alpha value is -1.63. The number of hydrogen-bond donors (Lipinski definition) is 1. The summed E-state index contributed by atoms with van der Waals surface area (Å²) in [6.45, 7) is 0.311. The molecule has 0 spiro atoms. The van der Waals surface area contributed by atoms with Crippen LogP contribution in [0.4, 0.5) is 0 Å². The highest BCUT2D eigenvalue weighted by atomic mass is 32.2. The summed E-state index contributed by atoms with van der Waals surface area (Å²) in [5.41, 5.74) is 0.827. The van der Waals surface area contributed by atoms with Gasteiger partial charge in [0.25, 0.3) is 0 Å². The maximum atomic E-state index is 12.1. The van der Waals surface area contributed by atoms with E-state index in [1.54, 1.807) is 6.20 Å². The molecule has 0 aromatic carbocycles. The zero-order valence-corrected chi connectivity index (χ0v) is 13.8. The van der Waals surface area contributed by atoms with Crippen molar-refractivity contribution in [1.82, 2.24) is 10.3 Å². The number of hydrogen-bond acceptors (Lipinski definition) is 5. The van der Waals surface area contributed by atoms with Gasteiger partial charge in [0.1, 0.15) is 6.10 Å². The highest BCUT2D eigenvalue weighted by Gasteiger charge is 2.32. The van der Waals surface area contributed by atoms with E-state index in [1.807, 2.05) is 12.1 Å². The van der Waals surface area contributed by atoms with E-state index < -0.39 is 15.8 Å². The maximum absolute atomic E-state index is 12.1. The van der Waals surface area contributed by atoms with E-state index in [2.05, 4.69) is 10.3 Å². The predicted molar refractivity (Wildman–Crippen MR) is 85.7 cm³/mol. The summed E-state index contributed by atoms with van der Waals surface area (Å²) >= 11 is 0. The molecule has 7 heteroatoms. The molecule has 1 aliphatic carbocycles. The summed E-state index contributed by atoms with van der Waals surface area (Å²) in [6, 6.07) is 3.69. The standard InChI is InChI=1S/C16H22N2O4S/c19-15(13-7-9-23(20,21)11-13)18-10-12-4-3-8-17-16(12)22-14-5-1-2-6-14/h3-4,8,13-14H,1-2,5-7,9-11H2,(H,18,19). The summed E-state index contributed by atoms with van der Waals surface area (Å²) in [5, 5.41) is 2.82. The second-order valence-electron chi connectivity index (χ2n) is 6.31. The molecular formula is C16H22N2O4S. The molecule has 1 amide bonds. The van der Waals surface area contributed by atoms with E-state index >= 15 is 0 Å². The molecule has 1 aromatic heterocycles. The minimum Gasteiger partial charge on any atom is -0.474 e. The molecular weight excluding hydrogens is 316 g/mol. The minimum atomic E-state index is -3.05. The molecule has 3 rings (SSSR count). The number of carbonyl (C=O) groups is 1. The lowest BCUT2D eigenvalue weighted by Gasteiger charge is -2.16. The zero-order valence-electron chi connectivity index (χ0n) is 13.0. The van der Waals surface area contributed by atoms with Gasteiger partial charge in [0.15, 0.2) is 9.84 Å². The molecule has 1 aliphatic heterocycles. The van der Waals surface area contributed by atoms with Gasteiger partial charge in [-0.05, 0) is 38.2 Å². The lowest BCUT2D eigenvalue weighted by molar-refractivity contribution is -0.124. The zero-order chi connectivity index (χ0) is 16.3. The van der Waals surface area contributed by atoms with Crippen LogP contribution in [0.5, 0.6) is 5.88 Å². The Balaban J connectivity index is 1.58. The summed E-state index contributed by atoms with van der Waals surface area (Å²) in [6.07, 6.45) is 6.75. The molecule has 1 saturated carbocycles. The van der Waals surface area contributed by atoms with Gasteiger partial charge in [0.05, 0.1) is 17.4 Å². The first-order valence-electron chi connectivity index (χ1n) is 8.12. The number of amides is 1. The molecule has 1 N–H and O–H groups in total. The normalized spacial score (nSPS) is 23.7. The highest BCUT2D eigenvalue weighted by molar-refractivity contribution is 7.91. The average molecular weight is 338 g/mol. The Morgan fingerprint density at radius 1 is 1.30 bits per heavy atom. The van der Waals surface area contributed by atoms with Gasteiger partial charge in [-0.25, -0.2) is 13.4 Å². The topological polar surface area (TPSA) is 85.4 Å². The van der Waals surface area contributed by atoms with Crippen LogP contribution < -0.4 is 10.1 Å². The number of rotatable bonds is 5. The molecule has 1 atom stereocenters. The molecule has 1 unspecified atom stereocenters. The fourth-order valence-electron chi connectivity index (χ4n) is 3.16. The molecule has 1 aromatic rings. The molecule has 0 bridgehead atoms. The van der Waals surface area contributed by atoms with Crippen molar-refractivity contribution in [3.8, 4) is 5.88 Å². The molecule has 126 valence electrons. The van der Waals surface area contributed by atoms with Crippen LogP contribution in [0.1, 0.15) is 37.7 Å². The van der Waals surface area contributed by atoms with Crippen LogP contribution in [0.25, 0.3) is 0 Å². The number of ether oxygens (including phenoxy) is 1. The minimum absolute atomic E-state index is 0.0443. The SMILES string of the molecule is O=C(NCc1cccnc1OC1CCCC1)C1CCS(=O)(=O)C1. The summed E-state index contributed by atoms with van der Waals surface area (Å²) in [5.74, 6) is -0.0120. The van der Waals surface area contributed by atoms with Crippen molar-refractivity contribution in [2.24, 2.45) is 5.92 Å². The number of carbonyl (C=O) groups excluding carboxylic acids is 1. The van der Waals surface area contributed by atoms with E-state index in [4.69, 9.17) is 4.74 Å². The quantitative estimate of drug-likeness (QED) is 0.878. The van der Waals surface area contributed by atoms with Gasteiger partial charge in [0.2, 0.25) is 11.8 Å². The average Bonchev–Trinajstić information content (AvgIpc) is 3.15. The fraction of sp³-hybridized carbons (Fsp3) is 0.625. The van der Waals surface area contributed by atoms with Crippen LogP contribution >= 0.6 is 0 Å². The number of pyridine rings is 1. The van der Waals surface area contributed by atoms with Crippen molar-refractivity contribution < 1.29 is 17.9 Å². The van der Waals surface area contributed by atoms with Gasteiger partial charge in [-0.1, -0.05) is 6.07 Å². The molecule has 23 heavy (non-hydrogen) atoms. The smallest absolute Gasteiger partial charge is 0.224 e. The van der Waals surface area contributed by atoms with Gasteiger partial charge in [-0.3, -0.25) is 4.79 Å². The van der Waals surface area contributed by atoms with E-state index in [1.165, 1.54) is 12.8 Å². The highest BCUT2D eigenvalue weighted by Crippen LogP contribution is 2.25. The van der Waals surface area contributed by atoms with Crippen LogP contribution in [-0.4, -0.2) is 36.9 Å². The van der Waals surface area contributed by atoms with Crippen LogP contribution in [0, 0.1) is 5.92 Å². The Labute approximate surface area is 136 Å². The number of nitrogens with zero attached hydrogens (tertiary/aromatic N) is 1. The first kappa shape index (κ1) is 16.2. The molecule has 6 nitrogen and oxygen atoms in total. The van der Waals surface area contributed by atoms with Gasteiger partial charge in [0, 0.05) is 18.3 Å². The number of sulfone groups is 1. The van der Waals surface area contributed by atoms with E-state index in [9.17, 15) is 13.2 Å². The molecule has 2 fully saturated rings. The van der Waals surface area contributed by atoms with Crippen molar-refractivity contribution in [3.63, 3.8) is 0 Å². The summed E-state index contributed by atoms with van der Waals surface area (Å²) < 4.78 is 28.9. The number of aromatic nitrogens is 1. The Kier molecular flexibility index (Phi) is 4.84. The van der Waals surface area contributed by atoms with Crippen molar-refractivity contribution in [2.75, 3.05) is 11.5 Å². The number of nitrogens with one attached hydrogen (secondary N) is 1. The Morgan fingerprint density at radius 3 is 2.78 bits per heavy atom. The molecule has 0 radical (unpaired) electrons.